The van der Waals surface area contributed by atoms with Gasteiger partial charge in [-0.15, -0.1) is 0 Å². The first kappa shape index (κ1) is 23.8. The standard InChI is InChI=1S/C24H39N3O4/c1-5-6-9-24(30)13-17-11-20(12-18(17)14-24)27(22(29)31-23(2,3)4)16-21(28)26-10-7-8-19(26)15-25/h17-20,30H,5-14,16H2,1-4H3/t17-,18+,19-,20?,24?/m0/s1. The van der Waals surface area contributed by atoms with Gasteiger partial charge in [0.1, 0.15) is 18.2 Å². The zero-order valence-electron chi connectivity index (χ0n) is 19.6. The SMILES string of the molecule is CCCCC1(O)C[C@H]2CC(N(CC(=O)N3CCC[C@H]3C#N)C(=O)OC(C)(C)C)C[C@H]2C1. The largest absolute Gasteiger partial charge is 0.444 e. The summed E-state index contributed by atoms with van der Waals surface area (Å²) in [6.07, 6.45) is 7.18. The smallest absolute Gasteiger partial charge is 0.411 e. The Kier molecular flexibility index (Phi) is 7.20. The van der Waals surface area contributed by atoms with Gasteiger partial charge in [-0.2, -0.15) is 5.26 Å². The minimum Gasteiger partial charge on any atom is -0.444 e. The van der Waals surface area contributed by atoms with Crippen molar-refractivity contribution in [1.29, 1.82) is 5.26 Å². The lowest BCUT2D eigenvalue weighted by Gasteiger charge is -2.34. The lowest BCUT2D eigenvalue weighted by Crippen LogP contribution is -2.49. The van der Waals surface area contributed by atoms with Crippen LogP contribution in [0, 0.1) is 23.2 Å². The molecule has 174 valence electrons. The Morgan fingerprint density at radius 1 is 1.26 bits per heavy atom. The van der Waals surface area contributed by atoms with E-state index < -0.39 is 23.3 Å². The highest BCUT2D eigenvalue weighted by atomic mass is 16.6. The second kappa shape index (κ2) is 9.36. The molecule has 1 heterocycles. The quantitative estimate of drug-likeness (QED) is 0.687. The van der Waals surface area contributed by atoms with Crippen LogP contribution in [-0.2, 0) is 9.53 Å². The molecule has 1 N–H and O–H groups in total. The van der Waals surface area contributed by atoms with Gasteiger partial charge in [-0.3, -0.25) is 9.69 Å². The third kappa shape index (κ3) is 5.71. The number of hydrogen-bond acceptors (Lipinski definition) is 5. The molecule has 2 saturated carbocycles. The molecule has 0 aromatic rings. The minimum absolute atomic E-state index is 0.0443. The Morgan fingerprint density at radius 3 is 2.45 bits per heavy atom. The van der Waals surface area contributed by atoms with E-state index in [1.807, 2.05) is 20.8 Å². The maximum absolute atomic E-state index is 13.1. The van der Waals surface area contributed by atoms with Crippen LogP contribution in [0.25, 0.3) is 0 Å². The molecule has 0 radical (unpaired) electrons. The maximum Gasteiger partial charge on any atom is 0.411 e. The molecule has 0 bridgehead atoms. The van der Waals surface area contributed by atoms with Crippen LogP contribution < -0.4 is 0 Å². The lowest BCUT2D eigenvalue weighted by atomic mass is 9.91. The molecule has 7 nitrogen and oxygen atoms in total. The Bertz CT molecular complexity index is 697. The van der Waals surface area contributed by atoms with Crippen molar-refractivity contribution in [2.45, 2.75) is 109 Å². The van der Waals surface area contributed by atoms with E-state index in [4.69, 9.17) is 4.74 Å². The third-order valence-corrected chi connectivity index (χ3v) is 7.19. The first-order valence-electron chi connectivity index (χ1n) is 12.0. The number of nitriles is 1. The molecule has 2 aliphatic carbocycles. The summed E-state index contributed by atoms with van der Waals surface area (Å²) in [7, 11) is 0. The highest BCUT2D eigenvalue weighted by Crippen LogP contribution is 2.51. The van der Waals surface area contributed by atoms with Gasteiger partial charge in [0.05, 0.1) is 11.7 Å². The van der Waals surface area contributed by atoms with Crippen molar-refractivity contribution in [3.8, 4) is 6.07 Å². The summed E-state index contributed by atoms with van der Waals surface area (Å²) in [5.41, 5.74) is -1.21. The van der Waals surface area contributed by atoms with Crippen molar-refractivity contribution in [2.75, 3.05) is 13.1 Å². The number of likely N-dealkylation sites (tertiary alicyclic amines) is 1. The lowest BCUT2D eigenvalue weighted by molar-refractivity contribution is -0.133. The van der Waals surface area contributed by atoms with E-state index in [-0.39, 0.29) is 18.5 Å². The highest BCUT2D eigenvalue weighted by molar-refractivity contribution is 5.83. The number of carbonyl (C=O) groups is 2. The van der Waals surface area contributed by atoms with Crippen molar-refractivity contribution < 1.29 is 19.4 Å². The monoisotopic (exact) mass is 433 g/mol. The summed E-state index contributed by atoms with van der Waals surface area (Å²) in [6.45, 7) is 8.15. The van der Waals surface area contributed by atoms with E-state index in [9.17, 15) is 20.0 Å². The zero-order valence-corrected chi connectivity index (χ0v) is 19.6. The van der Waals surface area contributed by atoms with Crippen LogP contribution in [0.1, 0.15) is 85.5 Å². The van der Waals surface area contributed by atoms with E-state index in [1.165, 1.54) is 0 Å². The topological polar surface area (TPSA) is 93.9 Å². The maximum atomic E-state index is 13.1. The summed E-state index contributed by atoms with van der Waals surface area (Å²) in [5, 5.41) is 20.3. The van der Waals surface area contributed by atoms with E-state index in [2.05, 4.69) is 13.0 Å². The van der Waals surface area contributed by atoms with Crippen LogP contribution in [0.5, 0.6) is 0 Å². The molecular formula is C24H39N3O4. The molecule has 5 atom stereocenters. The van der Waals surface area contributed by atoms with Gasteiger partial charge in [0, 0.05) is 12.6 Å². The Hall–Kier alpha value is -1.81. The number of ether oxygens (including phenoxy) is 1. The van der Waals surface area contributed by atoms with Gasteiger partial charge in [0.2, 0.25) is 5.91 Å². The van der Waals surface area contributed by atoms with E-state index in [0.717, 1.165) is 51.4 Å². The second-order valence-corrected chi connectivity index (χ2v) is 10.9. The average Bonchev–Trinajstić information content (AvgIpc) is 3.36. The molecule has 0 aromatic heterocycles. The number of fused-ring (bicyclic) bond motifs is 1. The Morgan fingerprint density at radius 2 is 1.90 bits per heavy atom. The summed E-state index contributed by atoms with van der Waals surface area (Å²) in [6, 6.07) is 1.74. The van der Waals surface area contributed by atoms with Gasteiger partial charge in [-0.05, 0) is 77.6 Å². The zero-order chi connectivity index (χ0) is 22.8. The van der Waals surface area contributed by atoms with Crippen molar-refractivity contribution in [3.05, 3.63) is 0 Å². The molecule has 31 heavy (non-hydrogen) atoms. The van der Waals surface area contributed by atoms with Crippen molar-refractivity contribution in [2.24, 2.45) is 11.8 Å². The minimum atomic E-state index is -0.643. The predicted octanol–water partition coefficient (Wildman–Crippen LogP) is 3.85. The fourth-order valence-corrected chi connectivity index (χ4v) is 5.80. The van der Waals surface area contributed by atoms with Crippen LogP contribution in [0.3, 0.4) is 0 Å². The van der Waals surface area contributed by atoms with Gasteiger partial charge in [0.25, 0.3) is 0 Å². The molecule has 1 saturated heterocycles. The average molecular weight is 434 g/mol. The normalized spacial score (nSPS) is 32.6. The van der Waals surface area contributed by atoms with Crippen molar-refractivity contribution in [1.82, 2.24) is 9.80 Å². The molecule has 3 aliphatic rings. The van der Waals surface area contributed by atoms with Crippen LogP contribution in [0.2, 0.25) is 0 Å². The molecule has 1 aliphatic heterocycles. The number of aliphatic hydroxyl groups is 1. The highest BCUT2D eigenvalue weighted by Gasteiger charge is 2.50. The number of hydrogen-bond donors (Lipinski definition) is 1. The number of carbonyl (C=O) groups excluding carboxylic acids is 2. The van der Waals surface area contributed by atoms with Crippen LogP contribution in [0.15, 0.2) is 0 Å². The number of unbranched alkanes of at least 4 members (excludes halogenated alkanes) is 1. The fraction of sp³-hybridized carbons (Fsp3) is 0.875. The molecule has 0 aromatic carbocycles. The van der Waals surface area contributed by atoms with Gasteiger partial charge in [-0.25, -0.2) is 4.79 Å². The summed E-state index contributed by atoms with van der Waals surface area (Å²) >= 11 is 0. The Balaban J connectivity index is 1.69. The summed E-state index contributed by atoms with van der Waals surface area (Å²) in [4.78, 5) is 29.3. The number of amides is 2. The fourth-order valence-electron chi connectivity index (χ4n) is 5.80. The molecule has 3 rings (SSSR count). The van der Waals surface area contributed by atoms with Crippen LogP contribution in [-0.4, -0.2) is 63.3 Å². The summed E-state index contributed by atoms with van der Waals surface area (Å²) < 4.78 is 5.65. The van der Waals surface area contributed by atoms with Crippen molar-refractivity contribution >= 4 is 12.0 Å². The number of nitrogens with zero attached hydrogens (tertiary/aromatic N) is 3. The predicted molar refractivity (Wildman–Crippen MR) is 117 cm³/mol. The third-order valence-electron chi connectivity index (χ3n) is 7.19. The van der Waals surface area contributed by atoms with E-state index >= 15 is 0 Å². The van der Waals surface area contributed by atoms with Crippen LogP contribution in [0.4, 0.5) is 4.79 Å². The van der Waals surface area contributed by atoms with Gasteiger partial charge in [0.15, 0.2) is 0 Å². The van der Waals surface area contributed by atoms with Crippen LogP contribution >= 0.6 is 0 Å². The Labute approximate surface area is 186 Å². The molecule has 2 unspecified atom stereocenters. The van der Waals surface area contributed by atoms with Crippen molar-refractivity contribution in [3.63, 3.8) is 0 Å². The summed E-state index contributed by atoms with van der Waals surface area (Å²) in [5.74, 6) is 0.586. The molecule has 7 heteroatoms. The molecule has 2 amide bonds. The first-order valence-corrected chi connectivity index (χ1v) is 12.0. The molecular weight excluding hydrogens is 394 g/mol. The van der Waals surface area contributed by atoms with Gasteiger partial charge < -0.3 is 14.7 Å². The molecule has 3 fully saturated rings. The number of rotatable bonds is 6. The van der Waals surface area contributed by atoms with E-state index in [0.29, 0.717) is 24.8 Å². The van der Waals surface area contributed by atoms with Gasteiger partial charge >= 0.3 is 6.09 Å². The first-order chi connectivity index (χ1) is 14.5. The van der Waals surface area contributed by atoms with E-state index in [1.54, 1.807) is 9.80 Å². The molecule has 0 spiro atoms. The second-order valence-electron chi connectivity index (χ2n) is 10.9. The van der Waals surface area contributed by atoms with Gasteiger partial charge in [-0.1, -0.05) is 19.8 Å².